The first-order valence-electron chi connectivity index (χ1n) is 11.4. The van der Waals surface area contributed by atoms with Gasteiger partial charge in [0, 0.05) is 31.7 Å². The molecule has 30 heavy (non-hydrogen) atoms. The molecule has 1 aromatic rings. The smallest absolute Gasteiger partial charge is 0.191 e. The monoisotopic (exact) mass is 418 g/mol. The Hall–Kier alpha value is -1.99. The van der Waals surface area contributed by atoms with Crippen LogP contribution in [0.2, 0.25) is 0 Å². The number of morpholine rings is 1. The quantitative estimate of drug-likeness (QED) is 0.445. The van der Waals surface area contributed by atoms with Crippen LogP contribution in [0, 0.1) is 0 Å². The average molecular weight is 419 g/mol. The molecule has 0 radical (unpaired) electrons. The minimum absolute atomic E-state index is 0.162. The number of hydrogen-bond donors (Lipinski definition) is 3. The van der Waals surface area contributed by atoms with Gasteiger partial charge in [0.25, 0.3) is 0 Å². The molecule has 2 aliphatic rings. The fraction of sp³-hybridized carbons (Fsp3) is 0.696. The molecule has 168 valence electrons. The van der Waals surface area contributed by atoms with E-state index >= 15 is 0 Å². The van der Waals surface area contributed by atoms with Gasteiger partial charge < -0.3 is 25.2 Å². The van der Waals surface area contributed by atoms with Gasteiger partial charge in [-0.3, -0.25) is 9.89 Å². The van der Waals surface area contributed by atoms with Crippen molar-refractivity contribution in [3.63, 3.8) is 0 Å². The minimum Gasteiger partial charge on any atom is -0.504 e. The van der Waals surface area contributed by atoms with Gasteiger partial charge in [0.2, 0.25) is 0 Å². The third kappa shape index (κ3) is 5.79. The fourth-order valence-electron chi connectivity index (χ4n) is 4.64. The Balaban J connectivity index is 1.62. The lowest BCUT2D eigenvalue weighted by atomic mass is 9.80. The van der Waals surface area contributed by atoms with Crippen molar-refractivity contribution in [2.75, 3.05) is 53.0 Å². The van der Waals surface area contributed by atoms with Crippen molar-refractivity contribution in [1.29, 1.82) is 0 Å². The second-order valence-corrected chi connectivity index (χ2v) is 8.22. The predicted molar refractivity (Wildman–Crippen MR) is 121 cm³/mol. The molecule has 1 aromatic carbocycles. The number of phenols is 1. The lowest BCUT2D eigenvalue weighted by Gasteiger charge is -2.47. The number of aliphatic imine (C=N–C) groups is 1. The Labute approximate surface area is 180 Å². The second kappa shape index (κ2) is 11.4. The summed E-state index contributed by atoms with van der Waals surface area (Å²) < 4.78 is 10.8. The Morgan fingerprint density at radius 3 is 2.67 bits per heavy atom. The SMILES string of the molecule is CCNC(=NCC1(N2CCOCC2)CCCCC1)NCCc1cccc(OC)c1O. The van der Waals surface area contributed by atoms with Crippen LogP contribution < -0.4 is 15.4 Å². The van der Waals surface area contributed by atoms with Crippen molar-refractivity contribution in [2.45, 2.75) is 51.0 Å². The number of guanidine groups is 1. The minimum atomic E-state index is 0.162. The molecule has 1 saturated carbocycles. The summed E-state index contributed by atoms with van der Waals surface area (Å²) in [6, 6.07) is 5.61. The van der Waals surface area contributed by atoms with Crippen molar-refractivity contribution in [3.8, 4) is 11.5 Å². The molecule has 0 atom stereocenters. The Morgan fingerprint density at radius 2 is 1.97 bits per heavy atom. The van der Waals surface area contributed by atoms with E-state index in [0.717, 1.165) is 50.9 Å². The van der Waals surface area contributed by atoms with Crippen LogP contribution in [0.5, 0.6) is 11.5 Å². The molecule has 7 heteroatoms. The molecular formula is C23H38N4O3. The van der Waals surface area contributed by atoms with Crippen LogP contribution >= 0.6 is 0 Å². The largest absolute Gasteiger partial charge is 0.504 e. The van der Waals surface area contributed by atoms with Crippen LogP contribution in [-0.4, -0.2) is 74.6 Å². The van der Waals surface area contributed by atoms with Crippen molar-refractivity contribution in [3.05, 3.63) is 23.8 Å². The predicted octanol–water partition coefficient (Wildman–Crippen LogP) is 2.53. The van der Waals surface area contributed by atoms with E-state index in [-0.39, 0.29) is 11.3 Å². The number of hydrogen-bond acceptors (Lipinski definition) is 5. The van der Waals surface area contributed by atoms with E-state index in [9.17, 15) is 5.11 Å². The number of rotatable bonds is 8. The summed E-state index contributed by atoms with van der Waals surface area (Å²) in [6.45, 7) is 8.08. The maximum absolute atomic E-state index is 10.3. The van der Waals surface area contributed by atoms with Crippen molar-refractivity contribution < 1.29 is 14.6 Å². The molecule has 7 nitrogen and oxygen atoms in total. The van der Waals surface area contributed by atoms with Crippen molar-refractivity contribution in [1.82, 2.24) is 15.5 Å². The van der Waals surface area contributed by atoms with E-state index < -0.39 is 0 Å². The standard InChI is InChI=1S/C23H38N4O3/c1-3-24-22(25-13-10-19-8-7-9-20(29-2)21(19)28)26-18-23(11-5-4-6-12-23)27-14-16-30-17-15-27/h7-9,28H,3-6,10-18H2,1-2H3,(H2,24,25,26). The number of ether oxygens (including phenoxy) is 2. The number of nitrogens with zero attached hydrogens (tertiary/aromatic N) is 2. The summed E-state index contributed by atoms with van der Waals surface area (Å²) in [6.07, 6.45) is 7.03. The number of methoxy groups -OCH3 is 1. The molecule has 0 unspecified atom stereocenters. The summed E-state index contributed by atoms with van der Waals surface area (Å²) in [7, 11) is 1.57. The molecule has 1 saturated heterocycles. The van der Waals surface area contributed by atoms with Gasteiger partial charge >= 0.3 is 0 Å². The Bertz CT molecular complexity index is 683. The van der Waals surface area contributed by atoms with Crippen molar-refractivity contribution >= 4 is 5.96 Å². The number of aromatic hydroxyl groups is 1. The third-order valence-corrected chi connectivity index (χ3v) is 6.33. The highest BCUT2D eigenvalue weighted by atomic mass is 16.5. The zero-order valence-electron chi connectivity index (χ0n) is 18.6. The molecular weight excluding hydrogens is 380 g/mol. The fourth-order valence-corrected chi connectivity index (χ4v) is 4.64. The number of para-hydroxylation sites is 1. The van der Waals surface area contributed by atoms with Gasteiger partial charge in [-0.1, -0.05) is 31.4 Å². The van der Waals surface area contributed by atoms with E-state index in [2.05, 4.69) is 22.5 Å². The van der Waals surface area contributed by atoms with Crippen LogP contribution in [0.3, 0.4) is 0 Å². The van der Waals surface area contributed by atoms with Crippen LogP contribution in [0.15, 0.2) is 23.2 Å². The first kappa shape index (κ1) is 22.7. The van der Waals surface area contributed by atoms with Gasteiger partial charge in [-0.25, -0.2) is 0 Å². The molecule has 1 aliphatic carbocycles. The lowest BCUT2D eigenvalue weighted by molar-refractivity contribution is -0.0333. The first-order valence-corrected chi connectivity index (χ1v) is 11.4. The highest BCUT2D eigenvalue weighted by Crippen LogP contribution is 2.34. The normalized spacial score (nSPS) is 20.0. The van der Waals surface area contributed by atoms with Gasteiger partial charge in [0.05, 0.1) is 26.9 Å². The highest BCUT2D eigenvalue weighted by Gasteiger charge is 2.38. The van der Waals surface area contributed by atoms with E-state index in [0.29, 0.717) is 18.7 Å². The van der Waals surface area contributed by atoms with Crippen molar-refractivity contribution in [2.24, 2.45) is 4.99 Å². The van der Waals surface area contributed by atoms with Gasteiger partial charge in [-0.05, 0) is 37.8 Å². The van der Waals surface area contributed by atoms with Crippen LogP contribution in [-0.2, 0) is 11.2 Å². The second-order valence-electron chi connectivity index (χ2n) is 8.22. The summed E-state index contributed by atoms with van der Waals surface area (Å²) in [5.74, 6) is 1.58. The number of nitrogens with one attached hydrogen (secondary N) is 2. The first-order chi connectivity index (χ1) is 14.7. The molecule has 0 aromatic heterocycles. The van der Waals surface area contributed by atoms with Crippen LogP contribution in [0.1, 0.15) is 44.6 Å². The van der Waals surface area contributed by atoms with E-state index in [1.165, 1.54) is 32.1 Å². The third-order valence-electron chi connectivity index (χ3n) is 6.33. The van der Waals surface area contributed by atoms with Crippen LogP contribution in [0.4, 0.5) is 0 Å². The topological polar surface area (TPSA) is 78.4 Å². The molecule has 2 fully saturated rings. The maximum atomic E-state index is 10.3. The zero-order chi connectivity index (χ0) is 21.2. The van der Waals surface area contributed by atoms with E-state index in [4.69, 9.17) is 14.5 Å². The number of phenolic OH excluding ortho intramolecular Hbond substituents is 1. The molecule has 0 amide bonds. The Morgan fingerprint density at radius 1 is 1.20 bits per heavy atom. The number of benzene rings is 1. The maximum Gasteiger partial charge on any atom is 0.191 e. The van der Waals surface area contributed by atoms with E-state index in [1.54, 1.807) is 13.2 Å². The summed E-state index contributed by atoms with van der Waals surface area (Å²) in [5, 5.41) is 17.1. The van der Waals surface area contributed by atoms with Gasteiger partial charge in [-0.2, -0.15) is 0 Å². The van der Waals surface area contributed by atoms with Crippen LogP contribution in [0.25, 0.3) is 0 Å². The molecule has 3 rings (SSSR count). The molecule has 0 spiro atoms. The Kier molecular flexibility index (Phi) is 8.63. The summed E-state index contributed by atoms with van der Waals surface area (Å²) >= 11 is 0. The molecule has 1 heterocycles. The van der Waals surface area contributed by atoms with Gasteiger partial charge in [0.15, 0.2) is 17.5 Å². The van der Waals surface area contributed by atoms with E-state index in [1.807, 2.05) is 12.1 Å². The molecule has 3 N–H and O–H groups in total. The average Bonchev–Trinajstić information content (AvgIpc) is 2.80. The van der Waals surface area contributed by atoms with Gasteiger partial charge in [0.1, 0.15) is 0 Å². The summed E-state index contributed by atoms with van der Waals surface area (Å²) in [4.78, 5) is 7.62. The zero-order valence-corrected chi connectivity index (χ0v) is 18.6. The molecule has 0 bridgehead atoms. The lowest BCUT2D eigenvalue weighted by Crippen LogP contribution is -2.56. The molecule has 1 aliphatic heterocycles. The highest BCUT2D eigenvalue weighted by molar-refractivity contribution is 5.79. The summed E-state index contributed by atoms with van der Waals surface area (Å²) in [5.41, 5.74) is 1.03. The van der Waals surface area contributed by atoms with Gasteiger partial charge in [-0.15, -0.1) is 0 Å².